The normalized spacial score (nSPS) is 10.4. The lowest BCUT2D eigenvalue weighted by atomic mass is 10.1. The molecule has 2 N–H and O–H groups in total. The number of hydrogen-bond acceptors (Lipinski definition) is 6. The number of para-hydroxylation sites is 1. The van der Waals surface area contributed by atoms with Gasteiger partial charge in [-0.25, -0.2) is 4.98 Å². The second-order valence-electron chi connectivity index (χ2n) is 6.27. The molecule has 28 heavy (non-hydrogen) atoms. The van der Waals surface area contributed by atoms with Crippen LogP contribution in [0.1, 0.15) is 18.1 Å². The van der Waals surface area contributed by atoms with Gasteiger partial charge in [0, 0.05) is 18.4 Å². The van der Waals surface area contributed by atoms with Crippen LogP contribution in [0, 0.1) is 0 Å². The average Bonchev–Trinajstić information content (AvgIpc) is 2.74. The third-order valence-corrected chi connectivity index (χ3v) is 4.46. The Bertz CT molecular complexity index is 915. The molecule has 0 fully saturated rings. The minimum absolute atomic E-state index is 0.597. The van der Waals surface area contributed by atoms with Crippen molar-refractivity contribution < 1.29 is 9.47 Å². The molecule has 0 aliphatic heterocycles. The zero-order valence-electron chi connectivity index (χ0n) is 16.5. The van der Waals surface area contributed by atoms with Crippen molar-refractivity contribution in [1.82, 2.24) is 9.97 Å². The number of anilines is 3. The van der Waals surface area contributed by atoms with Gasteiger partial charge in [0.2, 0.25) is 5.95 Å². The van der Waals surface area contributed by atoms with E-state index in [0.717, 1.165) is 41.4 Å². The molecule has 6 heteroatoms. The summed E-state index contributed by atoms with van der Waals surface area (Å²) in [6, 6.07) is 16.0. The highest BCUT2D eigenvalue weighted by Crippen LogP contribution is 2.27. The van der Waals surface area contributed by atoms with Crippen LogP contribution >= 0.6 is 0 Å². The van der Waals surface area contributed by atoms with Gasteiger partial charge in [-0.15, -0.1) is 0 Å². The molecule has 2 aromatic carbocycles. The number of aryl methyl sites for hydroxylation is 1. The van der Waals surface area contributed by atoms with E-state index >= 15 is 0 Å². The van der Waals surface area contributed by atoms with Crippen LogP contribution in [0.15, 0.2) is 54.7 Å². The summed E-state index contributed by atoms with van der Waals surface area (Å²) in [5.74, 6) is 2.83. The highest BCUT2D eigenvalue weighted by atomic mass is 16.5. The van der Waals surface area contributed by atoms with Crippen LogP contribution < -0.4 is 20.1 Å². The summed E-state index contributed by atoms with van der Waals surface area (Å²) in [5.41, 5.74) is 3.47. The predicted molar refractivity (Wildman–Crippen MR) is 113 cm³/mol. The minimum atomic E-state index is 0.597. The molecule has 0 aliphatic rings. The first-order valence-corrected chi connectivity index (χ1v) is 9.36. The highest BCUT2D eigenvalue weighted by molar-refractivity contribution is 5.61. The number of aromatic nitrogens is 2. The Hall–Kier alpha value is -3.28. The molecule has 1 heterocycles. The summed E-state index contributed by atoms with van der Waals surface area (Å²) in [4.78, 5) is 8.87. The van der Waals surface area contributed by atoms with E-state index in [1.165, 1.54) is 5.56 Å². The van der Waals surface area contributed by atoms with E-state index in [-0.39, 0.29) is 0 Å². The maximum atomic E-state index is 5.35. The van der Waals surface area contributed by atoms with E-state index in [1.807, 2.05) is 36.4 Å². The summed E-state index contributed by atoms with van der Waals surface area (Å²) in [6.07, 6.45) is 3.54. The topological polar surface area (TPSA) is 68.3 Å². The van der Waals surface area contributed by atoms with Crippen LogP contribution in [0.2, 0.25) is 0 Å². The number of nitrogens with one attached hydrogen (secondary N) is 2. The van der Waals surface area contributed by atoms with Gasteiger partial charge in [-0.05, 0) is 48.2 Å². The summed E-state index contributed by atoms with van der Waals surface area (Å²) < 4.78 is 10.6. The monoisotopic (exact) mass is 378 g/mol. The number of hydrogen-bond donors (Lipinski definition) is 2. The van der Waals surface area contributed by atoms with E-state index in [4.69, 9.17) is 9.47 Å². The van der Waals surface area contributed by atoms with Crippen LogP contribution in [0.25, 0.3) is 0 Å². The summed E-state index contributed by atoms with van der Waals surface area (Å²) in [6.45, 7) is 2.85. The Labute approximate surface area is 166 Å². The number of benzene rings is 2. The molecule has 0 amide bonds. The molecule has 0 aliphatic carbocycles. The summed E-state index contributed by atoms with van der Waals surface area (Å²) in [7, 11) is 3.28. The number of nitrogens with zero attached hydrogens (tertiary/aromatic N) is 2. The van der Waals surface area contributed by atoms with Crippen LogP contribution in [0.5, 0.6) is 11.5 Å². The molecule has 146 valence electrons. The van der Waals surface area contributed by atoms with Crippen molar-refractivity contribution in [3.05, 3.63) is 65.9 Å². The Kier molecular flexibility index (Phi) is 6.68. The van der Waals surface area contributed by atoms with E-state index in [0.29, 0.717) is 12.5 Å². The molecular formula is C22H26N4O2. The van der Waals surface area contributed by atoms with Crippen LogP contribution in [0.4, 0.5) is 17.5 Å². The van der Waals surface area contributed by atoms with Gasteiger partial charge in [0.25, 0.3) is 0 Å². The molecule has 0 spiro atoms. The molecule has 0 saturated carbocycles. The molecule has 0 unspecified atom stereocenters. The molecule has 0 radical (unpaired) electrons. The van der Waals surface area contributed by atoms with Crippen molar-refractivity contribution in [2.75, 3.05) is 31.4 Å². The fraction of sp³-hybridized carbons (Fsp3) is 0.273. The molecule has 0 bridgehead atoms. The smallest absolute Gasteiger partial charge is 0.224 e. The van der Waals surface area contributed by atoms with Gasteiger partial charge in [-0.1, -0.05) is 31.2 Å². The Morgan fingerprint density at radius 1 is 0.964 bits per heavy atom. The minimum Gasteiger partial charge on any atom is -0.493 e. The molecule has 1 aromatic heterocycles. The van der Waals surface area contributed by atoms with Gasteiger partial charge in [-0.2, -0.15) is 4.98 Å². The lowest BCUT2D eigenvalue weighted by molar-refractivity contribution is 0.354. The van der Waals surface area contributed by atoms with Gasteiger partial charge in [0.15, 0.2) is 11.5 Å². The molecule has 6 nitrogen and oxygen atoms in total. The van der Waals surface area contributed by atoms with Crippen molar-refractivity contribution >= 4 is 17.5 Å². The van der Waals surface area contributed by atoms with E-state index < -0.39 is 0 Å². The zero-order valence-corrected chi connectivity index (χ0v) is 16.5. The van der Waals surface area contributed by atoms with Crippen molar-refractivity contribution in [2.45, 2.75) is 19.8 Å². The number of methoxy groups -OCH3 is 2. The molecular weight excluding hydrogens is 352 g/mol. The quantitative estimate of drug-likeness (QED) is 0.573. The Morgan fingerprint density at radius 3 is 2.57 bits per heavy atom. The molecule has 3 rings (SSSR count). The first-order valence-electron chi connectivity index (χ1n) is 9.36. The summed E-state index contributed by atoms with van der Waals surface area (Å²) >= 11 is 0. The highest BCUT2D eigenvalue weighted by Gasteiger charge is 2.06. The second-order valence-corrected chi connectivity index (χ2v) is 6.27. The van der Waals surface area contributed by atoms with Crippen molar-refractivity contribution in [1.29, 1.82) is 0 Å². The first-order chi connectivity index (χ1) is 13.7. The van der Waals surface area contributed by atoms with Gasteiger partial charge < -0.3 is 20.1 Å². The van der Waals surface area contributed by atoms with Crippen LogP contribution in [-0.4, -0.2) is 30.7 Å². The van der Waals surface area contributed by atoms with Gasteiger partial charge in [0.05, 0.1) is 14.2 Å². The maximum Gasteiger partial charge on any atom is 0.224 e. The van der Waals surface area contributed by atoms with Crippen molar-refractivity contribution in [3.8, 4) is 11.5 Å². The number of rotatable bonds is 9. The van der Waals surface area contributed by atoms with Crippen molar-refractivity contribution in [2.24, 2.45) is 0 Å². The summed E-state index contributed by atoms with van der Waals surface area (Å²) in [5, 5.41) is 6.66. The van der Waals surface area contributed by atoms with E-state index in [9.17, 15) is 0 Å². The second kappa shape index (κ2) is 9.60. The standard InChI is InChI=1S/C22H26N4O2/c1-4-17-7-5-6-8-18(17)25-21-12-14-24-22(26-21)23-13-11-16-9-10-19(27-2)20(15-16)28-3/h5-10,12,14-15H,4,11,13H2,1-3H3,(H2,23,24,25,26). The van der Waals surface area contributed by atoms with Crippen LogP contribution in [0.3, 0.4) is 0 Å². The lowest BCUT2D eigenvalue weighted by Gasteiger charge is -2.12. The third kappa shape index (κ3) is 4.91. The maximum absolute atomic E-state index is 5.35. The van der Waals surface area contributed by atoms with Gasteiger partial charge >= 0.3 is 0 Å². The largest absolute Gasteiger partial charge is 0.493 e. The fourth-order valence-electron chi connectivity index (χ4n) is 2.96. The zero-order chi connectivity index (χ0) is 19.8. The average molecular weight is 378 g/mol. The molecule has 3 aromatic rings. The number of ether oxygens (including phenoxy) is 2. The Balaban J connectivity index is 1.61. The molecule has 0 atom stereocenters. The van der Waals surface area contributed by atoms with Gasteiger partial charge in [-0.3, -0.25) is 0 Å². The van der Waals surface area contributed by atoms with Crippen LogP contribution in [-0.2, 0) is 12.8 Å². The van der Waals surface area contributed by atoms with E-state index in [2.05, 4.69) is 39.7 Å². The first kappa shape index (κ1) is 19.5. The van der Waals surface area contributed by atoms with E-state index in [1.54, 1.807) is 20.4 Å². The predicted octanol–water partition coefficient (Wildman–Crippen LogP) is 4.45. The Morgan fingerprint density at radius 2 is 1.79 bits per heavy atom. The fourth-order valence-corrected chi connectivity index (χ4v) is 2.96. The lowest BCUT2D eigenvalue weighted by Crippen LogP contribution is -2.09. The molecule has 0 saturated heterocycles. The van der Waals surface area contributed by atoms with Gasteiger partial charge in [0.1, 0.15) is 5.82 Å². The third-order valence-electron chi connectivity index (χ3n) is 4.46. The van der Waals surface area contributed by atoms with Crippen molar-refractivity contribution in [3.63, 3.8) is 0 Å². The SMILES string of the molecule is CCc1ccccc1Nc1ccnc(NCCc2ccc(OC)c(OC)c2)n1.